The fraction of sp³-hybridized carbons (Fsp3) is 0.231. The second-order valence-corrected chi connectivity index (χ2v) is 4.31. The van der Waals surface area contributed by atoms with Crippen LogP contribution in [0.3, 0.4) is 0 Å². The van der Waals surface area contributed by atoms with Gasteiger partial charge in [-0.2, -0.15) is 0 Å². The number of imide groups is 1. The monoisotopic (exact) mass is 249 g/mol. The molecule has 0 radical (unpaired) electrons. The fourth-order valence-electron chi connectivity index (χ4n) is 1.97. The van der Waals surface area contributed by atoms with Crippen LogP contribution in [0.15, 0.2) is 29.8 Å². The number of allylic oxidation sites excluding steroid dienone is 1. The van der Waals surface area contributed by atoms with Crippen molar-refractivity contribution in [3.8, 4) is 0 Å². The van der Waals surface area contributed by atoms with E-state index in [2.05, 4.69) is 5.32 Å². The molecule has 0 bridgehead atoms. The molecule has 1 aliphatic rings. The van der Waals surface area contributed by atoms with Gasteiger partial charge in [-0.1, -0.05) is 30.7 Å². The molecule has 1 saturated heterocycles. The Hall–Kier alpha value is -1.61. The molecule has 0 aliphatic carbocycles. The van der Waals surface area contributed by atoms with E-state index in [1.807, 2.05) is 19.1 Å². The Morgan fingerprint density at radius 2 is 1.94 bits per heavy atom. The van der Waals surface area contributed by atoms with Gasteiger partial charge in [0.1, 0.15) is 0 Å². The summed E-state index contributed by atoms with van der Waals surface area (Å²) in [6.45, 7) is 1.97. The number of halogens is 1. The van der Waals surface area contributed by atoms with E-state index in [0.29, 0.717) is 17.0 Å². The van der Waals surface area contributed by atoms with Gasteiger partial charge in [-0.3, -0.25) is 14.9 Å². The summed E-state index contributed by atoms with van der Waals surface area (Å²) in [5.41, 5.74) is 2.42. The third kappa shape index (κ3) is 2.39. The number of rotatable bonds is 2. The van der Waals surface area contributed by atoms with E-state index in [1.165, 1.54) is 0 Å². The molecule has 1 aliphatic heterocycles. The maximum absolute atomic E-state index is 11.6. The predicted octanol–water partition coefficient (Wildman–Crippen LogP) is 2.55. The van der Waals surface area contributed by atoms with E-state index in [-0.39, 0.29) is 18.2 Å². The average Bonchev–Trinajstić information content (AvgIpc) is 2.62. The van der Waals surface area contributed by atoms with Crippen LogP contribution in [0.4, 0.5) is 0 Å². The minimum absolute atomic E-state index is 0.171. The number of hydrogen-bond donors (Lipinski definition) is 1. The second-order valence-electron chi connectivity index (χ2n) is 3.87. The first-order valence-corrected chi connectivity index (χ1v) is 5.81. The Morgan fingerprint density at radius 1 is 1.29 bits per heavy atom. The minimum Gasteiger partial charge on any atom is -0.292 e. The van der Waals surface area contributed by atoms with E-state index < -0.39 is 0 Å². The number of hydrogen-bond acceptors (Lipinski definition) is 2. The van der Waals surface area contributed by atoms with Crippen LogP contribution in [0.2, 0.25) is 5.02 Å². The van der Waals surface area contributed by atoms with Crippen LogP contribution in [-0.4, -0.2) is 11.8 Å². The SMILES string of the molecule is CCC(=C1CC(=O)NC1=O)c1ccc(Cl)cc1. The first-order valence-electron chi connectivity index (χ1n) is 5.44. The highest BCUT2D eigenvalue weighted by Crippen LogP contribution is 2.27. The summed E-state index contributed by atoms with van der Waals surface area (Å²) in [5.74, 6) is -0.508. The molecule has 1 aromatic carbocycles. The van der Waals surface area contributed by atoms with Crippen molar-refractivity contribution in [2.75, 3.05) is 0 Å². The van der Waals surface area contributed by atoms with Crippen molar-refractivity contribution in [1.82, 2.24) is 5.32 Å². The summed E-state index contributed by atoms with van der Waals surface area (Å²) in [4.78, 5) is 22.8. The molecule has 3 nitrogen and oxygen atoms in total. The summed E-state index contributed by atoms with van der Waals surface area (Å²) in [7, 11) is 0. The molecular weight excluding hydrogens is 238 g/mol. The van der Waals surface area contributed by atoms with Gasteiger partial charge in [0.25, 0.3) is 5.91 Å². The van der Waals surface area contributed by atoms with Crippen LogP contribution in [-0.2, 0) is 9.59 Å². The van der Waals surface area contributed by atoms with Crippen LogP contribution >= 0.6 is 11.6 Å². The normalized spacial score (nSPS) is 18.2. The number of carbonyl (C=O) groups excluding carboxylic acids is 2. The molecule has 0 atom stereocenters. The second kappa shape index (κ2) is 4.72. The molecular formula is C13H12ClNO2. The quantitative estimate of drug-likeness (QED) is 0.647. The summed E-state index contributed by atoms with van der Waals surface area (Å²) in [6.07, 6.45) is 0.877. The lowest BCUT2D eigenvalue weighted by molar-refractivity contribution is -0.124. The lowest BCUT2D eigenvalue weighted by atomic mass is 9.96. The Kier molecular flexibility index (Phi) is 3.29. The van der Waals surface area contributed by atoms with Crippen LogP contribution in [0.1, 0.15) is 25.3 Å². The molecule has 0 unspecified atom stereocenters. The van der Waals surface area contributed by atoms with Crippen molar-refractivity contribution >= 4 is 29.0 Å². The topological polar surface area (TPSA) is 46.2 Å². The van der Waals surface area contributed by atoms with Crippen molar-refractivity contribution < 1.29 is 9.59 Å². The van der Waals surface area contributed by atoms with E-state index >= 15 is 0 Å². The van der Waals surface area contributed by atoms with Gasteiger partial charge < -0.3 is 0 Å². The van der Waals surface area contributed by atoms with Gasteiger partial charge in [-0.25, -0.2) is 0 Å². The first kappa shape index (κ1) is 11.9. The van der Waals surface area contributed by atoms with E-state index in [4.69, 9.17) is 11.6 Å². The van der Waals surface area contributed by atoms with Gasteiger partial charge in [0.05, 0.1) is 6.42 Å². The van der Waals surface area contributed by atoms with Crippen molar-refractivity contribution in [3.05, 3.63) is 40.4 Å². The maximum atomic E-state index is 11.6. The first-order chi connectivity index (χ1) is 8.11. The van der Waals surface area contributed by atoms with Crippen molar-refractivity contribution in [2.24, 2.45) is 0 Å². The number of amides is 2. The number of benzene rings is 1. The molecule has 0 saturated carbocycles. The summed E-state index contributed by atoms with van der Waals surface area (Å²) >= 11 is 5.82. The Morgan fingerprint density at radius 3 is 2.41 bits per heavy atom. The molecule has 4 heteroatoms. The third-order valence-corrected chi connectivity index (χ3v) is 3.03. The molecule has 88 valence electrons. The number of nitrogens with one attached hydrogen (secondary N) is 1. The molecule has 1 fully saturated rings. The maximum Gasteiger partial charge on any atom is 0.254 e. The summed E-state index contributed by atoms with van der Waals surface area (Å²) < 4.78 is 0. The molecule has 1 heterocycles. The van der Waals surface area contributed by atoms with Gasteiger partial charge in [0.15, 0.2) is 0 Å². The zero-order valence-electron chi connectivity index (χ0n) is 9.42. The standard InChI is InChI=1S/C13H12ClNO2/c1-2-10(8-3-5-9(14)6-4-8)11-7-12(16)15-13(11)17/h3-6H,2,7H2,1H3,(H,15,16,17). The Labute approximate surface area is 104 Å². The molecule has 0 spiro atoms. The highest BCUT2D eigenvalue weighted by molar-refractivity contribution is 6.30. The van der Waals surface area contributed by atoms with Crippen molar-refractivity contribution in [3.63, 3.8) is 0 Å². The van der Waals surface area contributed by atoms with Gasteiger partial charge in [0, 0.05) is 10.6 Å². The smallest absolute Gasteiger partial charge is 0.254 e. The van der Waals surface area contributed by atoms with Crippen molar-refractivity contribution in [1.29, 1.82) is 0 Å². The molecule has 0 aromatic heterocycles. The average molecular weight is 250 g/mol. The lowest BCUT2D eigenvalue weighted by Gasteiger charge is -2.07. The summed E-state index contributed by atoms with van der Waals surface area (Å²) in [6, 6.07) is 7.29. The number of carbonyl (C=O) groups is 2. The fourth-order valence-corrected chi connectivity index (χ4v) is 2.10. The molecule has 1 aromatic rings. The molecule has 1 N–H and O–H groups in total. The van der Waals surface area contributed by atoms with Crippen LogP contribution in [0, 0.1) is 0 Å². The zero-order valence-corrected chi connectivity index (χ0v) is 10.2. The van der Waals surface area contributed by atoms with Crippen molar-refractivity contribution in [2.45, 2.75) is 19.8 Å². The molecule has 2 amide bonds. The van der Waals surface area contributed by atoms with E-state index in [0.717, 1.165) is 11.1 Å². The van der Waals surface area contributed by atoms with Gasteiger partial charge >= 0.3 is 0 Å². The van der Waals surface area contributed by atoms with E-state index in [9.17, 15) is 9.59 Å². The molecule has 17 heavy (non-hydrogen) atoms. The third-order valence-electron chi connectivity index (χ3n) is 2.77. The van der Waals surface area contributed by atoms with Gasteiger partial charge in [-0.15, -0.1) is 0 Å². The Bertz CT molecular complexity index is 503. The van der Waals surface area contributed by atoms with E-state index in [1.54, 1.807) is 12.1 Å². The lowest BCUT2D eigenvalue weighted by Crippen LogP contribution is -2.19. The summed E-state index contributed by atoms with van der Waals surface area (Å²) in [5, 5.41) is 2.95. The van der Waals surface area contributed by atoms with Gasteiger partial charge in [0.2, 0.25) is 5.91 Å². The largest absolute Gasteiger partial charge is 0.292 e. The highest BCUT2D eigenvalue weighted by Gasteiger charge is 2.26. The highest BCUT2D eigenvalue weighted by atomic mass is 35.5. The van der Waals surface area contributed by atoms with Crippen LogP contribution in [0.25, 0.3) is 5.57 Å². The Balaban J connectivity index is 2.46. The van der Waals surface area contributed by atoms with Gasteiger partial charge in [-0.05, 0) is 29.7 Å². The zero-order chi connectivity index (χ0) is 12.4. The van der Waals surface area contributed by atoms with Crippen LogP contribution < -0.4 is 5.32 Å². The molecule has 2 rings (SSSR count). The van der Waals surface area contributed by atoms with Crippen LogP contribution in [0.5, 0.6) is 0 Å². The predicted molar refractivity (Wildman–Crippen MR) is 66.4 cm³/mol. The minimum atomic E-state index is -0.276.